The molecule has 1 aromatic rings. The number of benzene rings is 1. The Bertz CT molecular complexity index is 422. The van der Waals surface area contributed by atoms with Crippen molar-refractivity contribution < 1.29 is 0 Å². The first kappa shape index (κ1) is 15.6. The maximum absolute atomic E-state index is 2.72. The molecular formula is C19H31N. The lowest BCUT2D eigenvalue weighted by molar-refractivity contribution is 0.127. The van der Waals surface area contributed by atoms with Gasteiger partial charge in [-0.1, -0.05) is 65.3 Å². The SMILES string of the molecule is CC(C)C(c1ccccc1C(C)(C)C)N1CCCCC1. The minimum absolute atomic E-state index is 0.222. The molecule has 0 bridgehead atoms. The zero-order valence-electron chi connectivity index (χ0n) is 13.9. The number of piperidine rings is 1. The van der Waals surface area contributed by atoms with Crippen LogP contribution < -0.4 is 0 Å². The van der Waals surface area contributed by atoms with E-state index in [2.05, 4.69) is 63.8 Å². The molecule has 0 N–H and O–H groups in total. The average Bonchev–Trinajstić information content (AvgIpc) is 2.39. The number of nitrogens with zero attached hydrogens (tertiary/aromatic N) is 1. The lowest BCUT2D eigenvalue weighted by Gasteiger charge is -2.39. The molecule has 0 spiro atoms. The second-order valence-electron chi connectivity index (χ2n) is 7.62. The average molecular weight is 273 g/mol. The molecule has 1 heterocycles. The van der Waals surface area contributed by atoms with Gasteiger partial charge in [-0.3, -0.25) is 4.90 Å². The highest BCUT2D eigenvalue weighted by molar-refractivity contribution is 5.35. The minimum Gasteiger partial charge on any atom is -0.296 e. The third-order valence-electron chi connectivity index (χ3n) is 4.50. The molecule has 1 aliphatic heterocycles. The third kappa shape index (κ3) is 3.44. The van der Waals surface area contributed by atoms with Crippen molar-refractivity contribution in [3.8, 4) is 0 Å². The number of hydrogen-bond acceptors (Lipinski definition) is 1. The summed E-state index contributed by atoms with van der Waals surface area (Å²) in [6.45, 7) is 14.3. The van der Waals surface area contributed by atoms with Gasteiger partial charge in [0.25, 0.3) is 0 Å². The fraction of sp³-hybridized carbons (Fsp3) is 0.684. The summed E-state index contributed by atoms with van der Waals surface area (Å²) in [5, 5.41) is 0. The first-order valence-corrected chi connectivity index (χ1v) is 8.24. The maximum Gasteiger partial charge on any atom is 0.0373 e. The van der Waals surface area contributed by atoms with Crippen LogP contribution in [0.2, 0.25) is 0 Å². The Morgan fingerprint density at radius 2 is 1.55 bits per heavy atom. The van der Waals surface area contributed by atoms with Crippen LogP contribution in [0.1, 0.15) is 71.0 Å². The van der Waals surface area contributed by atoms with Crippen LogP contribution in [0.3, 0.4) is 0 Å². The zero-order valence-corrected chi connectivity index (χ0v) is 13.9. The molecule has 0 aromatic heterocycles. The number of likely N-dealkylation sites (tertiary alicyclic amines) is 1. The van der Waals surface area contributed by atoms with Crippen LogP contribution in [-0.2, 0) is 5.41 Å². The lowest BCUT2D eigenvalue weighted by atomic mass is 9.79. The molecule has 1 nitrogen and oxygen atoms in total. The largest absolute Gasteiger partial charge is 0.296 e. The molecule has 0 amide bonds. The van der Waals surface area contributed by atoms with Gasteiger partial charge in [-0.2, -0.15) is 0 Å². The Kier molecular flexibility index (Phi) is 4.90. The topological polar surface area (TPSA) is 3.24 Å². The van der Waals surface area contributed by atoms with Crippen LogP contribution in [0.15, 0.2) is 24.3 Å². The van der Waals surface area contributed by atoms with Gasteiger partial charge in [0.15, 0.2) is 0 Å². The maximum atomic E-state index is 2.72. The summed E-state index contributed by atoms with van der Waals surface area (Å²) < 4.78 is 0. The van der Waals surface area contributed by atoms with Gasteiger partial charge in [0.1, 0.15) is 0 Å². The monoisotopic (exact) mass is 273 g/mol. The summed E-state index contributed by atoms with van der Waals surface area (Å²) in [6, 6.07) is 9.67. The van der Waals surface area contributed by atoms with E-state index in [1.54, 1.807) is 5.56 Å². The van der Waals surface area contributed by atoms with Crippen LogP contribution in [-0.4, -0.2) is 18.0 Å². The zero-order chi connectivity index (χ0) is 14.8. The lowest BCUT2D eigenvalue weighted by Crippen LogP contribution is -2.37. The van der Waals surface area contributed by atoms with Gasteiger partial charge < -0.3 is 0 Å². The van der Waals surface area contributed by atoms with Crippen molar-refractivity contribution >= 4 is 0 Å². The van der Waals surface area contributed by atoms with E-state index in [0.717, 1.165) is 0 Å². The van der Waals surface area contributed by atoms with Gasteiger partial charge >= 0.3 is 0 Å². The molecule has 1 aliphatic rings. The van der Waals surface area contributed by atoms with Crippen molar-refractivity contribution in [2.75, 3.05) is 13.1 Å². The van der Waals surface area contributed by atoms with E-state index in [9.17, 15) is 0 Å². The van der Waals surface area contributed by atoms with Crippen LogP contribution in [0.5, 0.6) is 0 Å². The first-order chi connectivity index (χ1) is 9.41. The van der Waals surface area contributed by atoms with Crippen molar-refractivity contribution in [3.63, 3.8) is 0 Å². The molecule has 20 heavy (non-hydrogen) atoms. The van der Waals surface area contributed by atoms with Crippen molar-refractivity contribution in [2.45, 2.75) is 65.3 Å². The Labute approximate surface area is 125 Å². The van der Waals surface area contributed by atoms with Gasteiger partial charge in [0, 0.05) is 6.04 Å². The van der Waals surface area contributed by atoms with Crippen LogP contribution in [0.25, 0.3) is 0 Å². The normalized spacial score (nSPS) is 19.3. The molecule has 112 valence electrons. The summed E-state index contributed by atoms with van der Waals surface area (Å²) in [4.78, 5) is 2.72. The van der Waals surface area contributed by atoms with Crippen LogP contribution in [0.4, 0.5) is 0 Å². The van der Waals surface area contributed by atoms with Crippen molar-refractivity contribution in [2.24, 2.45) is 5.92 Å². The highest BCUT2D eigenvalue weighted by Crippen LogP contribution is 2.37. The molecular weight excluding hydrogens is 242 g/mol. The molecule has 0 radical (unpaired) electrons. The molecule has 0 saturated carbocycles. The number of rotatable bonds is 3. The van der Waals surface area contributed by atoms with Crippen LogP contribution in [0, 0.1) is 5.92 Å². The Balaban J connectivity index is 2.39. The molecule has 2 rings (SSSR count). The summed E-state index contributed by atoms with van der Waals surface area (Å²) in [5.74, 6) is 0.664. The molecule has 1 heteroatoms. The third-order valence-corrected chi connectivity index (χ3v) is 4.50. The predicted octanol–water partition coefficient (Wildman–Crippen LogP) is 5.17. The standard InChI is InChI=1S/C19H31N/c1-15(2)18(20-13-9-6-10-14-20)16-11-7-8-12-17(16)19(3,4)5/h7-8,11-12,15,18H,6,9-10,13-14H2,1-5H3. The van der Waals surface area contributed by atoms with E-state index in [-0.39, 0.29) is 5.41 Å². The van der Waals surface area contributed by atoms with E-state index in [1.165, 1.54) is 37.9 Å². The van der Waals surface area contributed by atoms with Gasteiger partial charge in [0.2, 0.25) is 0 Å². The molecule has 1 atom stereocenters. The smallest absolute Gasteiger partial charge is 0.0373 e. The van der Waals surface area contributed by atoms with E-state index in [4.69, 9.17) is 0 Å². The van der Waals surface area contributed by atoms with Gasteiger partial charge in [-0.15, -0.1) is 0 Å². The van der Waals surface area contributed by atoms with Crippen LogP contribution >= 0.6 is 0 Å². The van der Waals surface area contributed by atoms with Crippen molar-refractivity contribution in [3.05, 3.63) is 35.4 Å². The summed E-state index contributed by atoms with van der Waals surface area (Å²) >= 11 is 0. The van der Waals surface area contributed by atoms with E-state index in [1.807, 2.05) is 0 Å². The summed E-state index contributed by atoms with van der Waals surface area (Å²) in [7, 11) is 0. The molecule has 1 aromatic carbocycles. The van der Waals surface area contributed by atoms with E-state index in [0.29, 0.717) is 12.0 Å². The van der Waals surface area contributed by atoms with Gasteiger partial charge in [-0.25, -0.2) is 0 Å². The van der Waals surface area contributed by atoms with Gasteiger partial charge in [-0.05, 0) is 48.4 Å². The quantitative estimate of drug-likeness (QED) is 0.734. The summed E-state index contributed by atoms with van der Waals surface area (Å²) in [6.07, 6.45) is 4.13. The molecule has 1 fully saturated rings. The van der Waals surface area contributed by atoms with E-state index < -0.39 is 0 Å². The highest BCUT2D eigenvalue weighted by Gasteiger charge is 2.29. The molecule has 1 saturated heterocycles. The Morgan fingerprint density at radius 1 is 0.950 bits per heavy atom. The Hall–Kier alpha value is -0.820. The van der Waals surface area contributed by atoms with Gasteiger partial charge in [0.05, 0.1) is 0 Å². The second kappa shape index (κ2) is 6.30. The predicted molar refractivity (Wildman–Crippen MR) is 88.1 cm³/mol. The van der Waals surface area contributed by atoms with Crippen molar-refractivity contribution in [1.82, 2.24) is 4.90 Å². The fourth-order valence-electron chi connectivity index (χ4n) is 3.61. The molecule has 1 unspecified atom stereocenters. The van der Waals surface area contributed by atoms with E-state index >= 15 is 0 Å². The molecule has 0 aliphatic carbocycles. The summed E-state index contributed by atoms with van der Waals surface area (Å²) in [5.41, 5.74) is 3.29. The Morgan fingerprint density at radius 3 is 2.10 bits per heavy atom. The first-order valence-electron chi connectivity index (χ1n) is 8.24. The highest BCUT2D eigenvalue weighted by atomic mass is 15.2. The number of hydrogen-bond donors (Lipinski definition) is 0. The second-order valence-corrected chi connectivity index (χ2v) is 7.62. The minimum atomic E-state index is 0.222. The van der Waals surface area contributed by atoms with Crippen molar-refractivity contribution in [1.29, 1.82) is 0 Å². The fourth-order valence-corrected chi connectivity index (χ4v) is 3.61.